The first kappa shape index (κ1) is 13.5. The van der Waals surface area contributed by atoms with Crippen LogP contribution < -0.4 is 5.73 Å². The number of pyridine rings is 1. The quantitative estimate of drug-likeness (QED) is 0.566. The largest absolute Gasteiger partial charge is 0.389 e. The summed E-state index contributed by atoms with van der Waals surface area (Å²) >= 11 is 1.83. The minimum Gasteiger partial charge on any atom is -0.389 e. The molecule has 1 heterocycles. The van der Waals surface area contributed by atoms with E-state index >= 15 is 0 Å². The molecule has 0 aliphatic carbocycles. The van der Waals surface area contributed by atoms with Gasteiger partial charge < -0.3 is 10.8 Å². The van der Waals surface area contributed by atoms with Gasteiger partial charge in [-0.25, -0.2) is 0 Å². The summed E-state index contributed by atoms with van der Waals surface area (Å²) in [5, 5.41) is 9.70. The van der Waals surface area contributed by atoms with Gasteiger partial charge in [0, 0.05) is 23.8 Å². The molecule has 1 aromatic rings. The third-order valence-corrected chi connectivity index (χ3v) is 3.57. The van der Waals surface area contributed by atoms with Crippen LogP contribution in [0.5, 0.6) is 0 Å². The molecule has 0 radical (unpaired) electrons. The highest BCUT2D eigenvalue weighted by molar-refractivity contribution is 7.99. The molecule has 0 fully saturated rings. The van der Waals surface area contributed by atoms with Crippen molar-refractivity contribution in [3.05, 3.63) is 24.5 Å². The number of hydrogen-bond donors (Lipinski definition) is 2. The van der Waals surface area contributed by atoms with E-state index in [9.17, 15) is 5.11 Å². The van der Waals surface area contributed by atoms with Crippen molar-refractivity contribution in [1.82, 2.24) is 4.98 Å². The van der Waals surface area contributed by atoms with E-state index in [2.05, 4.69) is 4.98 Å². The molecule has 3 N–H and O–H groups in total. The number of thioether (sulfide) groups is 1. The lowest BCUT2D eigenvalue weighted by Gasteiger charge is -2.20. The van der Waals surface area contributed by atoms with Crippen LogP contribution >= 0.6 is 11.8 Å². The van der Waals surface area contributed by atoms with E-state index < -0.39 is 5.60 Å². The zero-order chi connectivity index (χ0) is 11.9. The second-order valence-electron chi connectivity index (χ2n) is 4.19. The summed E-state index contributed by atoms with van der Waals surface area (Å²) in [5.74, 6) is 1.07. The number of nitrogens with two attached hydrogens (primary N) is 1. The van der Waals surface area contributed by atoms with E-state index in [0.717, 1.165) is 25.0 Å². The van der Waals surface area contributed by atoms with Gasteiger partial charge in [0.05, 0.1) is 5.60 Å². The third kappa shape index (κ3) is 5.49. The van der Waals surface area contributed by atoms with Crippen molar-refractivity contribution >= 4 is 11.8 Å². The average Bonchev–Trinajstić information content (AvgIpc) is 2.30. The maximum Gasteiger partial charge on any atom is 0.0741 e. The number of aromatic nitrogens is 1. The van der Waals surface area contributed by atoms with Crippen LogP contribution in [-0.4, -0.2) is 28.0 Å². The van der Waals surface area contributed by atoms with Gasteiger partial charge in [0.2, 0.25) is 0 Å². The van der Waals surface area contributed by atoms with Gasteiger partial charge in [-0.3, -0.25) is 4.98 Å². The number of unbranched alkanes of at least 4 members (excludes halogenated alkanes) is 1. The van der Waals surface area contributed by atoms with Crippen LogP contribution in [-0.2, 0) is 0 Å². The summed E-state index contributed by atoms with van der Waals surface area (Å²) in [5.41, 5.74) is 4.76. The molecule has 0 aliphatic heterocycles. The summed E-state index contributed by atoms with van der Waals surface area (Å²) < 4.78 is 0. The maximum atomic E-state index is 9.70. The molecule has 0 spiro atoms. The molecule has 90 valence electrons. The van der Waals surface area contributed by atoms with Crippen LogP contribution in [0.4, 0.5) is 0 Å². The van der Waals surface area contributed by atoms with Crippen LogP contribution in [0.15, 0.2) is 29.4 Å². The van der Waals surface area contributed by atoms with E-state index in [1.165, 1.54) is 4.90 Å². The van der Waals surface area contributed by atoms with Gasteiger partial charge in [0.1, 0.15) is 0 Å². The first-order valence-electron chi connectivity index (χ1n) is 5.59. The number of nitrogens with zero attached hydrogens (tertiary/aromatic N) is 1. The molecule has 1 atom stereocenters. The van der Waals surface area contributed by atoms with Crippen LogP contribution in [0.3, 0.4) is 0 Å². The Bertz CT molecular complexity index is 290. The van der Waals surface area contributed by atoms with Crippen molar-refractivity contribution in [1.29, 1.82) is 0 Å². The normalized spacial score (nSPS) is 14.7. The molecule has 1 rings (SSSR count). The molecule has 1 unspecified atom stereocenters. The maximum absolute atomic E-state index is 9.70. The Hall–Kier alpha value is -0.580. The first-order chi connectivity index (χ1) is 7.64. The Morgan fingerprint density at radius 1 is 1.38 bits per heavy atom. The molecule has 0 saturated carbocycles. The lowest BCUT2D eigenvalue weighted by Crippen LogP contribution is -2.33. The molecular weight excluding hydrogens is 220 g/mol. The highest BCUT2D eigenvalue weighted by Gasteiger charge is 2.16. The Balaban J connectivity index is 2.09. The fraction of sp³-hybridized carbons (Fsp3) is 0.583. The molecule has 4 heteroatoms. The topological polar surface area (TPSA) is 59.1 Å². The second kappa shape index (κ2) is 6.89. The van der Waals surface area contributed by atoms with E-state index in [1.807, 2.05) is 36.3 Å². The van der Waals surface area contributed by atoms with Crippen molar-refractivity contribution in [2.75, 3.05) is 12.3 Å². The fourth-order valence-electron chi connectivity index (χ4n) is 1.33. The molecule has 0 aromatic carbocycles. The predicted octanol–water partition coefficient (Wildman–Crippen LogP) is 2.05. The van der Waals surface area contributed by atoms with Gasteiger partial charge in [-0.1, -0.05) is 0 Å². The lowest BCUT2D eigenvalue weighted by molar-refractivity contribution is 0.0577. The van der Waals surface area contributed by atoms with Gasteiger partial charge in [-0.2, -0.15) is 0 Å². The fourth-order valence-corrected chi connectivity index (χ4v) is 2.23. The molecule has 1 aromatic heterocycles. The van der Waals surface area contributed by atoms with Crippen LogP contribution in [0.2, 0.25) is 0 Å². The summed E-state index contributed by atoms with van der Waals surface area (Å²) in [4.78, 5) is 5.22. The summed E-state index contributed by atoms with van der Waals surface area (Å²) in [6.45, 7) is 2.13. The van der Waals surface area contributed by atoms with Crippen molar-refractivity contribution in [3.63, 3.8) is 0 Å². The van der Waals surface area contributed by atoms with Gasteiger partial charge in [-0.15, -0.1) is 11.8 Å². The SMILES string of the molecule is CC(O)(CN)CCCCSc1ccncc1. The summed E-state index contributed by atoms with van der Waals surface area (Å²) in [6.07, 6.45) is 6.51. The summed E-state index contributed by atoms with van der Waals surface area (Å²) in [6, 6.07) is 4.03. The van der Waals surface area contributed by atoms with Crippen molar-refractivity contribution in [2.24, 2.45) is 5.73 Å². The van der Waals surface area contributed by atoms with E-state index in [4.69, 9.17) is 5.73 Å². The van der Waals surface area contributed by atoms with Gasteiger partial charge in [-0.05, 0) is 44.1 Å². The Kier molecular flexibility index (Phi) is 5.80. The van der Waals surface area contributed by atoms with E-state index in [0.29, 0.717) is 6.54 Å². The number of hydrogen-bond acceptors (Lipinski definition) is 4. The number of rotatable bonds is 7. The lowest BCUT2D eigenvalue weighted by atomic mass is 10.00. The standard InChI is InChI=1S/C12H20N2OS/c1-12(15,10-13)6-2-3-9-16-11-4-7-14-8-5-11/h4-5,7-8,15H,2-3,6,9-10,13H2,1H3. The first-order valence-corrected chi connectivity index (χ1v) is 6.58. The third-order valence-electron chi connectivity index (χ3n) is 2.47. The van der Waals surface area contributed by atoms with Gasteiger partial charge in [0.15, 0.2) is 0 Å². The minimum atomic E-state index is -0.693. The van der Waals surface area contributed by atoms with Gasteiger partial charge in [0.25, 0.3) is 0 Å². The van der Waals surface area contributed by atoms with E-state index in [1.54, 1.807) is 6.92 Å². The molecule has 0 bridgehead atoms. The van der Waals surface area contributed by atoms with E-state index in [-0.39, 0.29) is 0 Å². The number of aliphatic hydroxyl groups is 1. The van der Waals surface area contributed by atoms with Crippen LogP contribution in [0, 0.1) is 0 Å². The zero-order valence-electron chi connectivity index (χ0n) is 9.72. The molecule has 16 heavy (non-hydrogen) atoms. The molecule has 3 nitrogen and oxygen atoms in total. The smallest absolute Gasteiger partial charge is 0.0741 e. The molecule has 0 amide bonds. The van der Waals surface area contributed by atoms with Crippen LogP contribution in [0.1, 0.15) is 26.2 Å². The predicted molar refractivity (Wildman–Crippen MR) is 68.5 cm³/mol. The van der Waals surface area contributed by atoms with Crippen molar-refractivity contribution in [3.8, 4) is 0 Å². The highest BCUT2D eigenvalue weighted by Crippen LogP contribution is 2.19. The molecule has 0 saturated heterocycles. The second-order valence-corrected chi connectivity index (χ2v) is 5.36. The summed E-state index contributed by atoms with van der Waals surface area (Å²) in [7, 11) is 0. The Morgan fingerprint density at radius 3 is 2.69 bits per heavy atom. The minimum absolute atomic E-state index is 0.338. The highest BCUT2D eigenvalue weighted by atomic mass is 32.2. The van der Waals surface area contributed by atoms with Crippen LogP contribution in [0.25, 0.3) is 0 Å². The van der Waals surface area contributed by atoms with Gasteiger partial charge >= 0.3 is 0 Å². The Morgan fingerprint density at radius 2 is 2.06 bits per heavy atom. The average molecular weight is 240 g/mol. The monoisotopic (exact) mass is 240 g/mol. The molecular formula is C12H20N2OS. The van der Waals surface area contributed by atoms with Crippen molar-refractivity contribution in [2.45, 2.75) is 36.7 Å². The Labute approximate surface area is 101 Å². The zero-order valence-corrected chi connectivity index (χ0v) is 10.5. The van der Waals surface area contributed by atoms with Crippen molar-refractivity contribution < 1.29 is 5.11 Å². The molecule has 0 aliphatic rings.